The number of carbonyl (C=O) groups excluding carboxylic acids is 1. The smallest absolute Gasteiger partial charge is 0.303 e. The fourth-order valence-corrected chi connectivity index (χ4v) is 1.69. The Labute approximate surface area is 98.2 Å². The van der Waals surface area contributed by atoms with Crippen LogP contribution in [0.3, 0.4) is 0 Å². The molecule has 3 heteroatoms. The number of carbonyl (C=O) groups is 2. The molecule has 0 saturated heterocycles. The number of carboxylic acids is 1. The molecular weight excluding hydrogens is 204 g/mol. The highest BCUT2D eigenvalue weighted by Gasteiger charge is 1.99. The van der Waals surface area contributed by atoms with Crippen molar-refractivity contribution < 1.29 is 14.7 Å². The van der Waals surface area contributed by atoms with Crippen molar-refractivity contribution in [2.75, 3.05) is 0 Å². The van der Waals surface area contributed by atoms with Crippen LogP contribution in [0.5, 0.6) is 0 Å². The van der Waals surface area contributed by atoms with E-state index >= 15 is 0 Å². The minimum Gasteiger partial charge on any atom is -0.481 e. The van der Waals surface area contributed by atoms with E-state index in [2.05, 4.69) is 0 Å². The van der Waals surface area contributed by atoms with Crippen molar-refractivity contribution in [3.8, 4) is 0 Å². The van der Waals surface area contributed by atoms with E-state index < -0.39 is 5.97 Å². The second-order valence-electron chi connectivity index (χ2n) is 4.52. The predicted molar refractivity (Wildman–Crippen MR) is 64.4 cm³/mol. The second-order valence-corrected chi connectivity index (χ2v) is 4.52. The first-order valence-electron chi connectivity index (χ1n) is 6.34. The maximum atomic E-state index is 10.4. The molecule has 0 fully saturated rings. The largest absolute Gasteiger partial charge is 0.481 e. The molecular formula is C13H24O3. The minimum atomic E-state index is -0.692. The van der Waals surface area contributed by atoms with Crippen molar-refractivity contribution in [2.45, 2.75) is 64.7 Å². The molecule has 0 aliphatic rings. The first-order chi connectivity index (χ1) is 7.66. The standard InChI is InChI=1S/C13H24O3/c1-12(11-14)9-7-5-3-2-4-6-8-10-13(15)16/h11-12H,2-10H2,1H3,(H,15,16). The van der Waals surface area contributed by atoms with E-state index in [0.29, 0.717) is 6.42 Å². The van der Waals surface area contributed by atoms with Gasteiger partial charge >= 0.3 is 5.97 Å². The monoisotopic (exact) mass is 228 g/mol. The predicted octanol–water partition coefficient (Wildman–Crippen LogP) is 3.42. The zero-order chi connectivity index (χ0) is 12.2. The van der Waals surface area contributed by atoms with Crippen molar-refractivity contribution in [3.05, 3.63) is 0 Å². The summed E-state index contributed by atoms with van der Waals surface area (Å²) in [7, 11) is 0. The molecule has 1 N–H and O–H groups in total. The number of hydrogen-bond donors (Lipinski definition) is 1. The number of aldehydes is 1. The second kappa shape index (κ2) is 10.7. The third-order valence-electron chi connectivity index (χ3n) is 2.78. The lowest BCUT2D eigenvalue weighted by atomic mass is 10.0. The molecule has 0 spiro atoms. The zero-order valence-corrected chi connectivity index (χ0v) is 10.3. The van der Waals surface area contributed by atoms with Crippen molar-refractivity contribution in [1.29, 1.82) is 0 Å². The molecule has 0 saturated carbocycles. The van der Waals surface area contributed by atoms with E-state index in [-0.39, 0.29) is 5.92 Å². The Morgan fingerprint density at radius 2 is 1.56 bits per heavy atom. The fourth-order valence-electron chi connectivity index (χ4n) is 1.69. The normalized spacial score (nSPS) is 12.3. The van der Waals surface area contributed by atoms with Gasteiger partial charge in [-0.1, -0.05) is 45.4 Å². The Morgan fingerprint density at radius 3 is 2.06 bits per heavy atom. The van der Waals surface area contributed by atoms with Gasteiger partial charge in [0.05, 0.1) is 0 Å². The first kappa shape index (κ1) is 15.1. The van der Waals surface area contributed by atoms with Gasteiger partial charge in [0, 0.05) is 12.3 Å². The van der Waals surface area contributed by atoms with Crippen LogP contribution in [0.4, 0.5) is 0 Å². The summed E-state index contributed by atoms with van der Waals surface area (Å²) in [5.74, 6) is -0.488. The molecule has 0 bridgehead atoms. The van der Waals surface area contributed by atoms with Gasteiger partial charge in [0.15, 0.2) is 0 Å². The number of unbranched alkanes of at least 4 members (excludes halogenated alkanes) is 6. The Kier molecular flexibility index (Phi) is 10.1. The molecule has 0 radical (unpaired) electrons. The Bertz CT molecular complexity index is 190. The van der Waals surface area contributed by atoms with Crippen LogP contribution < -0.4 is 0 Å². The van der Waals surface area contributed by atoms with Crippen LogP contribution in [-0.2, 0) is 9.59 Å². The number of hydrogen-bond acceptors (Lipinski definition) is 2. The third kappa shape index (κ3) is 11.2. The Balaban J connectivity index is 3.04. The highest BCUT2D eigenvalue weighted by molar-refractivity contribution is 5.66. The molecule has 0 aliphatic heterocycles. The number of carboxylic acid groups (broad SMARTS) is 1. The average Bonchev–Trinajstić information content (AvgIpc) is 2.26. The summed E-state index contributed by atoms with van der Waals surface area (Å²) in [6, 6.07) is 0. The van der Waals surface area contributed by atoms with Crippen LogP contribution in [0, 0.1) is 5.92 Å². The number of rotatable bonds is 11. The lowest BCUT2D eigenvalue weighted by Crippen LogP contribution is -1.95. The summed E-state index contributed by atoms with van der Waals surface area (Å²) in [4.78, 5) is 20.6. The molecule has 16 heavy (non-hydrogen) atoms. The van der Waals surface area contributed by atoms with E-state index in [1.54, 1.807) is 0 Å². The average molecular weight is 228 g/mol. The summed E-state index contributed by atoms with van der Waals surface area (Å²) >= 11 is 0. The maximum Gasteiger partial charge on any atom is 0.303 e. The summed E-state index contributed by atoms with van der Waals surface area (Å²) in [5.41, 5.74) is 0. The molecule has 0 aromatic heterocycles. The van der Waals surface area contributed by atoms with Crippen molar-refractivity contribution in [1.82, 2.24) is 0 Å². The van der Waals surface area contributed by atoms with E-state index in [1.165, 1.54) is 19.3 Å². The molecule has 0 heterocycles. The molecule has 1 unspecified atom stereocenters. The van der Waals surface area contributed by atoms with Gasteiger partial charge in [0.2, 0.25) is 0 Å². The van der Waals surface area contributed by atoms with Gasteiger partial charge in [0.1, 0.15) is 6.29 Å². The number of aliphatic carboxylic acids is 1. The highest BCUT2D eigenvalue weighted by Crippen LogP contribution is 2.11. The van der Waals surface area contributed by atoms with E-state index in [0.717, 1.165) is 38.4 Å². The molecule has 94 valence electrons. The van der Waals surface area contributed by atoms with Crippen LogP contribution in [-0.4, -0.2) is 17.4 Å². The van der Waals surface area contributed by atoms with Gasteiger partial charge in [-0.15, -0.1) is 0 Å². The molecule has 0 aromatic rings. The van der Waals surface area contributed by atoms with Crippen LogP contribution in [0.2, 0.25) is 0 Å². The van der Waals surface area contributed by atoms with Crippen LogP contribution in [0.15, 0.2) is 0 Å². The van der Waals surface area contributed by atoms with Gasteiger partial charge < -0.3 is 9.90 Å². The minimum absolute atomic E-state index is 0.204. The maximum absolute atomic E-state index is 10.4. The lowest BCUT2D eigenvalue weighted by Gasteiger charge is -2.03. The molecule has 0 rings (SSSR count). The first-order valence-corrected chi connectivity index (χ1v) is 6.34. The van der Waals surface area contributed by atoms with Crippen LogP contribution >= 0.6 is 0 Å². The summed E-state index contributed by atoms with van der Waals surface area (Å²) in [6.45, 7) is 1.96. The summed E-state index contributed by atoms with van der Waals surface area (Å²) in [6.07, 6.45) is 10.0. The topological polar surface area (TPSA) is 54.4 Å². The Morgan fingerprint density at radius 1 is 1.06 bits per heavy atom. The van der Waals surface area contributed by atoms with Crippen molar-refractivity contribution >= 4 is 12.3 Å². The zero-order valence-electron chi connectivity index (χ0n) is 10.3. The summed E-state index contributed by atoms with van der Waals surface area (Å²) < 4.78 is 0. The van der Waals surface area contributed by atoms with Crippen LogP contribution in [0.25, 0.3) is 0 Å². The molecule has 3 nitrogen and oxygen atoms in total. The van der Waals surface area contributed by atoms with Gasteiger partial charge in [-0.2, -0.15) is 0 Å². The van der Waals surface area contributed by atoms with Gasteiger partial charge in [-0.3, -0.25) is 4.79 Å². The molecule has 1 atom stereocenters. The van der Waals surface area contributed by atoms with E-state index in [9.17, 15) is 9.59 Å². The van der Waals surface area contributed by atoms with Gasteiger partial charge in [-0.05, 0) is 12.8 Å². The molecule has 0 aliphatic carbocycles. The Hall–Kier alpha value is -0.860. The lowest BCUT2D eigenvalue weighted by molar-refractivity contribution is -0.137. The van der Waals surface area contributed by atoms with Crippen LogP contribution in [0.1, 0.15) is 64.7 Å². The van der Waals surface area contributed by atoms with Crippen molar-refractivity contribution in [3.63, 3.8) is 0 Å². The third-order valence-corrected chi connectivity index (χ3v) is 2.78. The van der Waals surface area contributed by atoms with E-state index in [1.807, 2.05) is 6.92 Å². The fraction of sp³-hybridized carbons (Fsp3) is 0.846. The summed E-state index contributed by atoms with van der Waals surface area (Å²) in [5, 5.41) is 8.43. The molecule has 0 aromatic carbocycles. The van der Waals surface area contributed by atoms with E-state index in [4.69, 9.17) is 5.11 Å². The SMILES string of the molecule is CC(C=O)CCCCCCCCCC(=O)O. The quantitative estimate of drug-likeness (QED) is 0.435. The van der Waals surface area contributed by atoms with Gasteiger partial charge in [-0.25, -0.2) is 0 Å². The van der Waals surface area contributed by atoms with Crippen molar-refractivity contribution in [2.24, 2.45) is 5.92 Å². The highest BCUT2D eigenvalue weighted by atomic mass is 16.4. The van der Waals surface area contributed by atoms with Gasteiger partial charge in [0.25, 0.3) is 0 Å². The molecule has 0 amide bonds.